The Labute approximate surface area is 210 Å². The quantitative estimate of drug-likeness (QED) is 0.361. The summed E-state index contributed by atoms with van der Waals surface area (Å²) in [5, 5.41) is 2.91. The molecule has 1 heterocycles. The number of amides is 2. The summed E-state index contributed by atoms with van der Waals surface area (Å²) >= 11 is 9.34. The maximum absolute atomic E-state index is 12.5. The van der Waals surface area contributed by atoms with E-state index in [4.69, 9.17) is 21.1 Å². The highest BCUT2D eigenvalue weighted by Gasteiger charge is 2.36. The van der Waals surface area contributed by atoms with Gasteiger partial charge in [-0.25, -0.2) is 4.79 Å². The number of carbonyl (C=O) groups excluding carboxylic acids is 4. The second kappa shape index (κ2) is 12.0. The van der Waals surface area contributed by atoms with Crippen LogP contribution in [0.5, 0.6) is 0 Å². The topological polar surface area (TPSA) is 102 Å². The van der Waals surface area contributed by atoms with Gasteiger partial charge in [-0.2, -0.15) is 0 Å². The van der Waals surface area contributed by atoms with Gasteiger partial charge in [0.15, 0.2) is 6.61 Å². The minimum Gasteiger partial charge on any atom is -0.462 e. The number of benzene rings is 2. The van der Waals surface area contributed by atoms with Crippen LogP contribution in [0.3, 0.4) is 0 Å². The van der Waals surface area contributed by atoms with E-state index < -0.39 is 30.4 Å². The van der Waals surface area contributed by atoms with E-state index >= 15 is 0 Å². The Morgan fingerprint density at radius 2 is 1.88 bits per heavy atom. The molecule has 34 heavy (non-hydrogen) atoms. The molecule has 0 aliphatic carbocycles. The molecular formula is C24H24BrClN2O6. The van der Waals surface area contributed by atoms with Crippen molar-refractivity contribution in [3.05, 3.63) is 57.5 Å². The highest BCUT2D eigenvalue weighted by atomic mass is 79.9. The number of halogens is 2. The average Bonchev–Trinajstić information content (AvgIpc) is 3.21. The van der Waals surface area contributed by atoms with Crippen molar-refractivity contribution in [2.45, 2.75) is 26.2 Å². The first kappa shape index (κ1) is 25.7. The van der Waals surface area contributed by atoms with E-state index in [0.717, 1.165) is 17.3 Å². The van der Waals surface area contributed by atoms with Crippen LogP contribution in [-0.4, -0.2) is 43.5 Å². The molecule has 2 aromatic rings. The molecule has 0 aromatic heterocycles. The molecule has 2 aromatic carbocycles. The van der Waals surface area contributed by atoms with Crippen LogP contribution in [0.2, 0.25) is 5.02 Å². The van der Waals surface area contributed by atoms with Crippen LogP contribution in [0, 0.1) is 5.92 Å². The van der Waals surface area contributed by atoms with Crippen molar-refractivity contribution in [3.8, 4) is 0 Å². The van der Waals surface area contributed by atoms with Crippen LogP contribution in [0.25, 0.3) is 0 Å². The van der Waals surface area contributed by atoms with E-state index in [9.17, 15) is 19.2 Å². The number of hydrogen-bond acceptors (Lipinski definition) is 6. The molecule has 0 radical (unpaired) electrons. The third kappa shape index (κ3) is 6.80. The number of esters is 2. The summed E-state index contributed by atoms with van der Waals surface area (Å²) in [5.41, 5.74) is 1.35. The van der Waals surface area contributed by atoms with Gasteiger partial charge in [0.2, 0.25) is 5.91 Å². The molecule has 1 N–H and O–H groups in total. The summed E-state index contributed by atoms with van der Waals surface area (Å²) < 4.78 is 11.0. The monoisotopic (exact) mass is 550 g/mol. The molecule has 2 amide bonds. The summed E-state index contributed by atoms with van der Waals surface area (Å²) in [7, 11) is 0. The van der Waals surface area contributed by atoms with E-state index in [1.165, 1.54) is 4.90 Å². The number of unbranched alkanes of at least 4 members (excludes halogenated alkanes) is 1. The summed E-state index contributed by atoms with van der Waals surface area (Å²) in [4.78, 5) is 50.5. The zero-order valence-corrected chi connectivity index (χ0v) is 20.9. The minimum absolute atomic E-state index is 0.0280. The molecule has 0 spiro atoms. The largest absolute Gasteiger partial charge is 0.462 e. The number of hydrogen-bond donors (Lipinski definition) is 1. The van der Waals surface area contributed by atoms with Crippen LogP contribution in [0.4, 0.5) is 11.4 Å². The van der Waals surface area contributed by atoms with Crippen molar-refractivity contribution < 1.29 is 28.7 Å². The zero-order valence-electron chi connectivity index (χ0n) is 18.5. The Morgan fingerprint density at radius 1 is 1.15 bits per heavy atom. The van der Waals surface area contributed by atoms with Crippen LogP contribution < -0.4 is 10.2 Å². The normalized spacial score (nSPS) is 15.2. The van der Waals surface area contributed by atoms with Crippen molar-refractivity contribution >= 4 is 62.7 Å². The van der Waals surface area contributed by atoms with Gasteiger partial charge in [0.05, 0.1) is 28.8 Å². The Bertz CT molecular complexity index is 1080. The van der Waals surface area contributed by atoms with Gasteiger partial charge < -0.3 is 19.7 Å². The lowest BCUT2D eigenvalue weighted by Gasteiger charge is -2.17. The number of anilines is 2. The maximum Gasteiger partial charge on any atom is 0.338 e. The average molecular weight is 552 g/mol. The molecule has 1 aliphatic heterocycles. The lowest BCUT2D eigenvalue weighted by Crippen LogP contribution is -2.28. The second-order valence-corrected chi connectivity index (χ2v) is 9.04. The number of nitrogens with one attached hydrogen (secondary N) is 1. The molecule has 10 heteroatoms. The smallest absolute Gasteiger partial charge is 0.338 e. The Morgan fingerprint density at radius 3 is 2.56 bits per heavy atom. The van der Waals surface area contributed by atoms with Gasteiger partial charge in [-0.3, -0.25) is 14.4 Å². The van der Waals surface area contributed by atoms with Gasteiger partial charge in [0.25, 0.3) is 5.91 Å². The van der Waals surface area contributed by atoms with Crippen LogP contribution in [-0.2, 0) is 23.9 Å². The Kier molecular flexibility index (Phi) is 9.06. The van der Waals surface area contributed by atoms with E-state index in [1.807, 2.05) is 6.92 Å². The molecule has 0 saturated carbocycles. The van der Waals surface area contributed by atoms with Gasteiger partial charge >= 0.3 is 11.9 Å². The Balaban J connectivity index is 1.51. The summed E-state index contributed by atoms with van der Waals surface area (Å²) in [5.74, 6) is -2.54. The molecule has 0 unspecified atom stereocenters. The number of rotatable bonds is 9. The van der Waals surface area contributed by atoms with E-state index in [-0.39, 0.29) is 18.9 Å². The highest BCUT2D eigenvalue weighted by molar-refractivity contribution is 9.10. The van der Waals surface area contributed by atoms with Crippen molar-refractivity contribution in [3.63, 3.8) is 0 Å². The van der Waals surface area contributed by atoms with Gasteiger partial charge in [-0.05, 0) is 48.9 Å². The van der Waals surface area contributed by atoms with Crippen LogP contribution >= 0.6 is 27.5 Å². The number of nitrogens with zero attached hydrogens (tertiary/aromatic N) is 1. The third-order valence-electron chi connectivity index (χ3n) is 5.15. The third-order valence-corrected chi connectivity index (χ3v) is 5.96. The van der Waals surface area contributed by atoms with Gasteiger partial charge in [-0.1, -0.05) is 40.9 Å². The first-order valence-corrected chi connectivity index (χ1v) is 11.9. The minimum atomic E-state index is -0.699. The molecule has 1 fully saturated rings. The lowest BCUT2D eigenvalue weighted by molar-refractivity contribution is -0.151. The molecule has 3 rings (SSSR count). The second-order valence-electron chi connectivity index (χ2n) is 7.72. The van der Waals surface area contributed by atoms with Crippen molar-refractivity contribution in [1.29, 1.82) is 0 Å². The fraction of sp³-hybridized carbons (Fsp3) is 0.333. The first-order chi connectivity index (χ1) is 16.3. The number of ether oxygens (including phenoxy) is 2. The maximum atomic E-state index is 12.5. The van der Waals surface area contributed by atoms with Gasteiger partial charge in [0.1, 0.15) is 0 Å². The van der Waals surface area contributed by atoms with Gasteiger partial charge in [-0.15, -0.1) is 0 Å². The molecular weight excluding hydrogens is 528 g/mol. The fourth-order valence-corrected chi connectivity index (χ4v) is 4.04. The predicted octanol–water partition coefficient (Wildman–Crippen LogP) is 4.59. The molecule has 8 nitrogen and oxygen atoms in total. The van der Waals surface area contributed by atoms with Crippen molar-refractivity contribution in [1.82, 2.24) is 0 Å². The summed E-state index contributed by atoms with van der Waals surface area (Å²) in [6, 6.07) is 11.4. The van der Waals surface area contributed by atoms with E-state index in [0.29, 0.717) is 28.6 Å². The molecule has 1 saturated heterocycles. The van der Waals surface area contributed by atoms with Crippen LogP contribution in [0.1, 0.15) is 36.5 Å². The SMILES string of the molecule is CCCCOC(=O)c1ccc(N2C[C@H](C(=O)OCC(=O)Nc3ccc(Br)cc3Cl)CC2=O)cc1. The predicted molar refractivity (Wildman–Crippen MR) is 131 cm³/mol. The zero-order chi connectivity index (χ0) is 24.7. The standard InChI is InChI=1S/C24H24BrClN2O6/c1-2-3-10-33-23(31)15-4-7-18(8-5-15)28-13-16(11-22(28)30)24(32)34-14-21(29)27-20-9-6-17(25)12-19(20)26/h4-9,12,16H,2-3,10-11,13-14H2,1H3,(H,27,29)/t16-/m1/s1. The van der Waals surface area contributed by atoms with Crippen molar-refractivity contribution in [2.75, 3.05) is 30.0 Å². The molecule has 1 atom stereocenters. The molecule has 0 bridgehead atoms. The highest BCUT2D eigenvalue weighted by Crippen LogP contribution is 2.27. The summed E-state index contributed by atoms with van der Waals surface area (Å²) in [6.07, 6.45) is 1.69. The van der Waals surface area contributed by atoms with E-state index in [2.05, 4.69) is 21.2 Å². The summed E-state index contributed by atoms with van der Waals surface area (Å²) in [6.45, 7) is 2.00. The van der Waals surface area contributed by atoms with Crippen LogP contribution in [0.15, 0.2) is 46.9 Å². The fourth-order valence-electron chi connectivity index (χ4n) is 3.32. The molecule has 1 aliphatic rings. The number of carbonyl (C=O) groups is 4. The lowest BCUT2D eigenvalue weighted by atomic mass is 10.1. The van der Waals surface area contributed by atoms with Crippen molar-refractivity contribution in [2.24, 2.45) is 5.92 Å². The van der Waals surface area contributed by atoms with Gasteiger partial charge in [0, 0.05) is 23.1 Å². The first-order valence-electron chi connectivity index (χ1n) is 10.8. The van der Waals surface area contributed by atoms with E-state index in [1.54, 1.807) is 42.5 Å². The Hall–Kier alpha value is -2.91. The molecule has 180 valence electrons.